The van der Waals surface area contributed by atoms with E-state index < -0.39 is 11.7 Å². The number of aliphatic hydroxyl groups excluding tert-OH is 1. The number of piperidine rings is 1. The first-order valence-electron chi connectivity index (χ1n) is 9.94. The quantitative estimate of drug-likeness (QED) is 0.866. The van der Waals surface area contributed by atoms with Gasteiger partial charge in [0.05, 0.1) is 0 Å². The van der Waals surface area contributed by atoms with Crippen LogP contribution in [0.4, 0.5) is 4.79 Å². The molecule has 1 aromatic carbocycles. The fourth-order valence-electron chi connectivity index (χ4n) is 3.50. The normalized spacial score (nSPS) is 20.5. The number of rotatable bonds is 3. The van der Waals surface area contributed by atoms with Crippen LogP contribution in [0, 0.1) is 0 Å². The summed E-state index contributed by atoms with van der Waals surface area (Å²) in [5.41, 5.74) is 3.04. The molecule has 0 aliphatic carbocycles. The molecule has 1 unspecified atom stereocenters. The number of aliphatic hydroxyl groups is 1. The SMILES string of the molecule is CC(C)(C)OC(=O)N1CCC(=Cc2ccc(CN3CCC(O)C3=O)cc2)CC1. The summed E-state index contributed by atoms with van der Waals surface area (Å²) in [5.74, 6) is -0.178. The van der Waals surface area contributed by atoms with Crippen molar-refractivity contribution in [3.63, 3.8) is 0 Å². The molecule has 28 heavy (non-hydrogen) atoms. The summed E-state index contributed by atoms with van der Waals surface area (Å²) in [6, 6.07) is 8.17. The molecule has 2 fully saturated rings. The van der Waals surface area contributed by atoms with Gasteiger partial charge in [0.1, 0.15) is 11.7 Å². The molecule has 0 aromatic heterocycles. The number of hydrogen-bond donors (Lipinski definition) is 1. The lowest BCUT2D eigenvalue weighted by atomic mass is 10.0. The largest absolute Gasteiger partial charge is 0.444 e. The third-order valence-corrected chi connectivity index (χ3v) is 5.05. The number of amides is 2. The molecule has 0 spiro atoms. The van der Waals surface area contributed by atoms with E-state index in [-0.39, 0.29) is 12.0 Å². The van der Waals surface area contributed by atoms with Gasteiger partial charge in [-0.25, -0.2) is 4.79 Å². The zero-order valence-electron chi connectivity index (χ0n) is 17.0. The molecular weight excluding hydrogens is 356 g/mol. The Labute approximate surface area is 166 Å². The first kappa shape index (κ1) is 20.4. The maximum atomic E-state index is 12.1. The van der Waals surface area contributed by atoms with Gasteiger partial charge >= 0.3 is 6.09 Å². The molecule has 2 aliphatic heterocycles. The molecule has 0 radical (unpaired) electrons. The lowest BCUT2D eigenvalue weighted by Crippen LogP contribution is -2.40. The van der Waals surface area contributed by atoms with Crippen LogP contribution in [0.3, 0.4) is 0 Å². The van der Waals surface area contributed by atoms with Crippen LogP contribution < -0.4 is 0 Å². The molecule has 6 nitrogen and oxygen atoms in total. The van der Waals surface area contributed by atoms with Crippen molar-refractivity contribution in [1.82, 2.24) is 9.80 Å². The molecule has 152 valence electrons. The lowest BCUT2D eigenvalue weighted by Gasteiger charge is -2.31. The fourth-order valence-corrected chi connectivity index (χ4v) is 3.50. The van der Waals surface area contributed by atoms with E-state index in [9.17, 15) is 14.7 Å². The molecule has 0 saturated carbocycles. The second-order valence-corrected chi connectivity index (χ2v) is 8.58. The van der Waals surface area contributed by atoms with E-state index in [2.05, 4.69) is 18.2 Å². The molecule has 1 aromatic rings. The van der Waals surface area contributed by atoms with Crippen LogP contribution in [0.5, 0.6) is 0 Å². The predicted molar refractivity (Wildman–Crippen MR) is 108 cm³/mol. The number of carbonyl (C=O) groups is 2. The van der Waals surface area contributed by atoms with Crippen molar-refractivity contribution in [2.24, 2.45) is 0 Å². The van der Waals surface area contributed by atoms with Crippen molar-refractivity contribution in [3.8, 4) is 0 Å². The Bertz CT molecular complexity index is 739. The molecule has 1 N–H and O–H groups in total. The van der Waals surface area contributed by atoms with E-state index in [0.29, 0.717) is 32.6 Å². The highest BCUT2D eigenvalue weighted by molar-refractivity contribution is 5.82. The van der Waals surface area contributed by atoms with Gasteiger partial charge in [-0.3, -0.25) is 4.79 Å². The average molecular weight is 386 g/mol. The van der Waals surface area contributed by atoms with E-state index in [1.807, 2.05) is 32.9 Å². The van der Waals surface area contributed by atoms with E-state index >= 15 is 0 Å². The van der Waals surface area contributed by atoms with Crippen molar-refractivity contribution >= 4 is 18.1 Å². The van der Waals surface area contributed by atoms with Gasteiger partial charge in [-0.15, -0.1) is 0 Å². The van der Waals surface area contributed by atoms with Gasteiger partial charge in [0, 0.05) is 26.2 Å². The van der Waals surface area contributed by atoms with Crippen molar-refractivity contribution in [2.75, 3.05) is 19.6 Å². The molecule has 6 heteroatoms. The first-order valence-corrected chi connectivity index (χ1v) is 9.94. The summed E-state index contributed by atoms with van der Waals surface area (Å²) in [4.78, 5) is 27.4. The Balaban J connectivity index is 1.52. The van der Waals surface area contributed by atoms with E-state index in [4.69, 9.17) is 4.74 Å². The van der Waals surface area contributed by atoms with Gasteiger partial charge in [0.2, 0.25) is 0 Å². The average Bonchev–Trinajstić information content (AvgIpc) is 2.94. The molecule has 1 atom stereocenters. The van der Waals surface area contributed by atoms with E-state index in [1.165, 1.54) is 5.57 Å². The number of likely N-dealkylation sites (tertiary alicyclic amines) is 2. The first-order chi connectivity index (χ1) is 13.2. The van der Waals surface area contributed by atoms with Gasteiger partial charge in [-0.1, -0.05) is 35.9 Å². The highest BCUT2D eigenvalue weighted by Crippen LogP contribution is 2.22. The van der Waals surface area contributed by atoms with Crippen LogP contribution in [0.2, 0.25) is 0 Å². The molecular formula is C22H30N2O4. The fraction of sp³-hybridized carbons (Fsp3) is 0.545. The van der Waals surface area contributed by atoms with Crippen LogP contribution in [0.1, 0.15) is 51.2 Å². The van der Waals surface area contributed by atoms with Crippen molar-refractivity contribution in [1.29, 1.82) is 0 Å². The van der Waals surface area contributed by atoms with Crippen LogP contribution in [0.25, 0.3) is 6.08 Å². The minimum atomic E-state index is -0.837. The zero-order chi connectivity index (χ0) is 20.3. The summed E-state index contributed by atoms with van der Waals surface area (Å²) >= 11 is 0. The molecule has 2 heterocycles. The number of hydrogen-bond acceptors (Lipinski definition) is 4. The van der Waals surface area contributed by atoms with Gasteiger partial charge in [-0.05, 0) is 51.2 Å². The molecule has 2 amide bonds. The summed E-state index contributed by atoms with van der Waals surface area (Å²) in [7, 11) is 0. The van der Waals surface area contributed by atoms with Crippen LogP contribution in [-0.2, 0) is 16.1 Å². The van der Waals surface area contributed by atoms with Gasteiger partial charge in [-0.2, -0.15) is 0 Å². The third-order valence-electron chi connectivity index (χ3n) is 5.05. The number of carbonyl (C=O) groups excluding carboxylic acids is 2. The molecule has 3 rings (SSSR count). The standard InChI is InChI=1S/C22H30N2O4/c1-22(2,3)28-21(27)23-11-8-17(9-12-23)14-16-4-6-18(7-5-16)15-24-13-10-19(25)20(24)26/h4-7,14,19,25H,8-13,15H2,1-3H3. The molecule has 0 bridgehead atoms. The summed E-state index contributed by atoms with van der Waals surface area (Å²) in [6.07, 6.45) is 3.32. The van der Waals surface area contributed by atoms with Crippen molar-refractivity contribution < 1.29 is 19.4 Å². The smallest absolute Gasteiger partial charge is 0.410 e. The highest BCUT2D eigenvalue weighted by atomic mass is 16.6. The third kappa shape index (κ3) is 5.35. The summed E-state index contributed by atoms with van der Waals surface area (Å²) in [5, 5.41) is 9.55. The number of nitrogens with zero attached hydrogens (tertiary/aromatic N) is 2. The van der Waals surface area contributed by atoms with Gasteiger partial charge < -0.3 is 19.6 Å². The molecule has 2 aliphatic rings. The number of benzene rings is 1. The Morgan fingerprint density at radius 2 is 1.82 bits per heavy atom. The predicted octanol–water partition coefficient (Wildman–Crippen LogP) is 3.19. The second kappa shape index (κ2) is 8.35. The van der Waals surface area contributed by atoms with E-state index in [0.717, 1.165) is 24.0 Å². The lowest BCUT2D eigenvalue weighted by molar-refractivity contribution is -0.134. The summed E-state index contributed by atoms with van der Waals surface area (Å²) in [6.45, 7) is 8.15. The molecule has 2 saturated heterocycles. The zero-order valence-corrected chi connectivity index (χ0v) is 17.0. The van der Waals surface area contributed by atoms with Crippen LogP contribution >= 0.6 is 0 Å². The Kier molecular flexibility index (Phi) is 6.08. The number of ether oxygens (including phenoxy) is 1. The highest BCUT2D eigenvalue weighted by Gasteiger charge is 2.29. The van der Waals surface area contributed by atoms with E-state index in [1.54, 1.807) is 9.80 Å². The maximum Gasteiger partial charge on any atom is 0.410 e. The minimum absolute atomic E-state index is 0.178. The van der Waals surface area contributed by atoms with Crippen LogP contribution in [-0.4, -0.2) is 58.2 Å². The Morgan fingerprint density at radius 1 is 1.18 bits per heavy atom. The summed E-state index contributed by atoms with van der Waals surface area (Å²) < 4.78 is 5.44. The second-order valence-electron chi connectivity index (χ2n) is 8.58. The monoisotopic (exact) mass is 386 g/mol. The van der Waals surface area contributed by atoms with Crippen molar-refractivity contribution in [3.05, 3.63) is 41.0 Å². The maximum absolute atomic E-state index is 12.1. The Morgan fingerprint density at radius 3 is 2.36 bits per heavy atom. The van der Waals surface area contributed by atoms with Gasteiger partial charge in [0.15, 0.2) is 0 Å². The van der Waals surface area contributed by atoms with Crippen LogP contribution in [0.15, 0.2) is 29.8 Å². The Hall–Kier alpha value is -2.34. The van der Waals surface area contributed by atoms with Gasteiger partial charge in [0.25, 0.3) is 5.91 Å². The minimum Gasteiger partial charge on any atom is -0.444 e. The topological polar surface area (TPSA) is 70.1 Å². The van der Waals surface area contributed by atoms with Crippen molar-refractivity contribution in [2.45, 2.75) is 58.3 Å².